The summed E-state index contributed by atoms with van der Waals surface area (Å²) in [6, 6.07) is -0.374. The second-order valence-electron chi connectivity index (χ2n) is 4.91. The number of rotatable bonds is 4. The predicted octanol–water partition coefficient (Wildman–Crippen LogP) is -0.556. The number of hydrogen-bond donors (Lipinski definition) is 0. The molecule has 17 heavy (non-hydrogen) atoms. The van der Waals surface area contributed by atoms with Crippen molar-refractivity contribution in [2.45, 2.75) is 31.3 Å². The van der Waals surface area contributed by atoms with E-state index in [1.54, 1.807) is 0 Å². The Labute approximate surface area is 103 Å². The van der Waals surface area contributed by atoms with Crippen molar-refractivity contribution in [3.8, 4) is 0 Å². The lowest BCUT2D eigenvalue weighted by molar-refractivity contribution is 0.309. The standard InChI is InChI=1S/C9H18N2O4S2/c1-10(2)17(14,15)11(8-3-4-8)9-5-6-16(12,13)7-9/h8-9H,3-7H2,1-2H3. The Morgan fingerprint density at radius 1 is 1.06 bits per heavy atom. The third-order valence-corrected chi connectivity index (χ3v) is 7.01. The van der Waals surface area contributed by atoms with Crippen LogP contribution in [0.5, 0.6) is 0 Å². The second-order valence-corrected chi connectivity index (χ2v) is 9.18. The van der Waals surface area contributed by atoms with E-state index in [0.717, 1.165) is 17.1 Å². The van der Waals surface area contributed by atoms with E-state index in [0.29, 0.717) is 6.42 Å². The SMILES string of the molecule is CN(C)S(=O)(=O)N(C1CC1)C1CCS(=O)(=O)C1. The summed E-state index contributed by atoms with van der Waals surface area (Å²) in [7, 11) is -3.60. The summed E-state index contributed by atoms with van der Waals surface area (Å²) in [5.74, 6) is 0.0698. The van der Waals surface area contributed by atoms with Gasteiger partial charge in [0.15, 0.2) is 9.84 Å². The minimum atomic E-state index is -3.51. The maximum absolute atomic E-state index is 12.2. The highest BCUT2D eigenvalue weighted by Gasteiger charge is 2.46. The first-order chi connectivity index (χ1) is 7.74. The number of nitrogens with zero attached hydrogens (tertiary/aromatic N) is 2. The molecule has 0 N–H and O–H groups in total. The minimum Gasteiger partial charge on any atom is -0.229 e. The van der Waals surface area contributed by atoms with Crippen LogP contribution in [-0.4, -0.2) is 63.1 Å². The van der Waals surface area contributed by atoms with Crippen LogP contribution in [0.4, 0.5) is 0 Å². The topological polar surface area (TPSA) is 74.8 Å². The summed E-state index contributed by atoms with van der Waals surface area (Å²) in [6.45, 7) is 0. The van der Waals surface area contributed by atoms with E-state index >= 15 is 0 Å². The fourth-order valence-electron chi connectivity index (χ4n) is 2.17. The van der Waals surface area contributed by atoms with Crippen LogP contribution in [0.1, 0.15) is 19.3 Å². The van der Waals surface area contributed by atoms with Gasteiger partial charge in [-0.2, -0.15) is 17.0 Å². The van der Waals surface area contributed by atoms with Crippen LogP contribution in [0.2, 0.25) is 0 Å². The summed E-state index contributed by atoms with van der Waals surface area (Å²) in [5, 5.41) is 0. The first kappa shape index (κ1) is 13.3. The van der Waals surface area contributed by atoms with Crippen molar-refractivity contribution >= 4 is 20.0 Å². The molecule has 100 valence electrons. The van der Waals surface area contributed by atoms with Crippen molar-refractivity contribution in [3.63, 3.8) is 0 Å². The molecule has 0 spiro atoms. The second kappa shape index (κ2) is 4.18. The molecule has 1 heterocycles. The average molecular weight is 282 g/mol. The fraction of sp³-hybridized carbons (Fsp3) is 1.00. The molecule has 0 aromatic carbocycles. The zero-order valence-electron chi connectivity index (χ0n) is 10.0. The Kier molecular flexibility index (Phi) is 3.26. The molecule has 0 amide bonds. The van der Waals surface area contributed by atoms with Crippen LogP contribution in [0.25, 0.3) is 0 Å². The summed E-state index contributed by atoms with van der Waals surface area (Å²) >= 11 is 0. The molecule has 6 nitrogen and oxygen atoms in total. The monoisotopic (exact) mass is 282 g/mol. The van der Waals surface area contributed by atoms with E-state index in [1.807, 2.05) is 0 Å². The van der Waals surface area contributed by atoms with Gasteiger partial charge in [-0.05, 0) is 19.3 Å². The van der Waals surface area contributed by atoms with Crippen LogP contribution in [0, 0.1) is 0 Å². The van der Waals surface area contributed by atoms with Crippen molar-refractivity contribution in [1.29, 1.82) is 0 Å². The van der Waals surface area contributed by atoms with Gasteiger partial charge in [0.05, 0.1) is 11.5 Å². The number of hydrogen-bond acceptors (Lipinski definition) is 4. The Morgan fingerprint density at radius 2 is 1.65 bits per heavy atom. The lowest BCUT2D eigenvalue weighted by Crippen LogP contribution is -2.47. The maximum atomic E-state index is 12.2. The van der Waals surface area contributed by atoms with Crippen LogP contribution in [0.15, 0.2) is 0 Å². The molecule has 0 aromatic heterocycles. The molecule has 0 bridgehead atoms. The van der Waals surface area contributed by atoms with Gasteiger partial charge in [0.2, 0.25) is 0 Å². The van der Waals surface area contributed by atoms with E-state index in [9.17, 15) is 16.8 Å². The quantitative estimate of drug-likeness (QED) is 0.693. The van der Waals surface area contributed by atoms with E-state index in [2.05, 4.69) is 0 Å². The van der Waals surface area contributed by atoms with Gasteiger partial charge >= 0.3 is 0 Å². The Hall–Kier alpha value is -0.180. The van der Waals surface area contributed by atoms with Crippen LogP contribution in [0.3, 0.4) is 0 Å². The molecule has 1 saturated heterocycles. The molecule has 8 heteroatoms. The minimum absolute atomic E-state index is 0.000648. The summed E-state index contributed by atoms with van der Waals surface area (Å²) in [4.78, 5) is 0. The molecule has 1 saturated carbocycles. The molecule has 1 atom stereocenters. The highest BCUT2D eigenvalue weighted by molar-refractivity contribution is 7.91. The van der Waals surface area contributed by atoms with E-state index in [4.69, 9.17) is 0 Å². The van der Waals surface area contributed by atoms with E-state index in [1.165, 1.54) is 18.4 Å². The lowest BCUT2D eigenvalue weighted by Gasteiger charge is -2.29. The smallest absolute Gasteiger partial charge is 0.229 e. The molecule has 0 radical (unpaired) electrons. The van der Waals surface area contributed by atoms with Gasteiger partial charge in [0.25, 0.3) is 10.2 Å². The van der Waals surface area contributed by atoms with Crippen molar-refractivity contribution in [2.24, 2.45) is 0 Å². The van der Waals surface area contributed by atoms with E-state index in [-0.39, 0.29) is 23.6 Å². The van der Waals surface area contributed by atoms with Gasteiger partial charge in [-0.1, -0.05) is 0 Å². The Morgan fingerprint density at radius 3 is 2.00 bits per heavy atom. The predicted molar refractivity (Wildman–Crippen MR) is 64.5 cm³/mol. The fourth-order valence-corrected chi connectivity index (χ4v) is 5.50. The zero-order valence-corrected chi connectivity index (χ0v) is 11.7. The zero-order chi connectivity index (χ0) is 12.8. The first-order valence-corrected chi connectivity index (χ1v) is 8.87. The number of sulfone groups is 1. The Balaban J connectivity index is 2.26. The van der Waals surface area contributed by atoms with Gasteiger partial charge < -0.3 is 0 Å². The summed E-state index contributed by atoms with van der Waals surface area (Å²) < 4.78 is 49.8. The molecule has 2 rings (SSSR count). The molecular formula is C9H18N2O4S2. The van der Waals surface area contributed by atoms with Crippen molar-refractivity contribution in [1.82, 2.24) is 8.61 Å². The largest absolute Gasteiger partial charge is 0.282 e. The Bertz CT molecular complexity index is 493. The maximum Gasteiger partial charge on any atom is 0.282 e. The highest BCUT2D eigenvalue weighted by atomic mass is 32.2. The van der Waals surface area contributed by atoms with Crippen LogP contribution in [-0.2, 0) is 20.0 Å². The molecule has 1 unspecified atom stereocenters. The van der Waals surface area contributed by atoms with Gasteiger partial charge in [-0.15, -0.1) is 0 Å². The van der Waals surface area contributed by atoms with Crippen LogP contribution >= 0.6 is 0 Å². The van der Waals surface area contributed by atoms with Crippen molar-refractivity contribution in [3.05, 3.63) is 0 Å². The van der Waals surface area contributed by atoms with Gasteiger partial charge in [0, 0.05) is 26.2 Å². The highest BCUT2D eigenvalue weighted by Crippen LogP contribution is 2.35. The lowest BCUT2D eigenvalue weighted by atomic mass is 10.2. The molecule has 0 aromatic rings. The van der Waals surface area contributed by atoms with E-state index < -0.39 is 20.0 Å². The average Bonchev–Trinajstić information content (AvgIpc) is 2.92. The molecule has 2 aliphatic rings. The van der Waals surface area contributed by atoms with Crippen molar-refractivity contribution in [2.75, 3.05) is 25.6 Å². The van der Waals surface area contributed by atoms with Gasteiger partial charge in [-0.3, -0.25) is 0 Å². The van der Waals surface area contributed by atoms with Crippen LogP contribution < -0.4 is 0 Å². The molecule has 1 aliphatic carbocycles. The van der Waals surface area contributed by atoms with Gasteiger partial charge in [-0.25, -0.2) is 8.42 Å². The summed E-state index contributed by atoms with van der Waals surface area (Å²) in [5.41, 5.74) is 0. The van der Waals surface area contributed by atoms with Crippen molar-refractivity contribution < 1.29 is 16.8 Å². The molecule has 1 aliphatic heterocycles. The third-order valence-electron chi connectivity index (χ3n) is 3.20. The molecule has 2 fully saturated rings. The third kappa shape index (κ3) is 2.64. The van der Waals surface area contributed by atoms with Gasteiger partial charge in [0.1, 0.15) is 0 Å². The normalized spacial score (nSPS) is 29.1. The summed E-state index contributed by atoms with van der Waals surface area (Å²) in [6.07, 6.45) is 2.10. The first-order valence-electron chi connectivity index (χ1n) is 5.65. The molecular weight excluding hydrogens is 264 g/mol.